The highest BCUT2D eigenvalue weighted by Gasteiger charge is 2.29. The Balaban J connectivity index is 4.33. The molecule has 0 radical (unpaired) electrons. The van der Waals surface area contributed by atoms with Gasteiger partial charge in [0.2, 0.25) is 0 Å². The first-order valence-corrected chi connectivity index (χ1v) is 7.42. The second-order valence-corrected chi connectivity index (χ2v) is 4.75. The van der Waals surface area contributed by atoms with Crippen molar-refractivity contribution in [2.75, 3.05) is 27.4 Å². The number of hydrogen-bond acceptors (Lipinski definition) is 6. The zero-order valence-corrected chi connectivity index (χ0v) is 13.7. The number of rotatable bonds is 11. The summed E-state index contributed by atoms with van der Waals surface area (Å²) in [6, 6.07) is 0. The molecule has 6 nitrogen and oxygen atoms in total. The number of carbonyl (C=O) groups excluding carboxylic acids is 2. The normalized spacial score (nSPS) is 15.1. The van der Waals surface area contributed by atoms with Crippen LogP contribution < -0.4 is 0 Å². The molecule has 2 atom stereocenters. The second kappa shape index (κ2) is 11.5. The molecular weight excluding hydrogens is 276 g/mol. The van der Waals surface area contributed by atoms with Gasteiger partial charge in [-0.15, -0.1) is 0 Å². The fourth-order valence-electron chi connectivity index (χ4n) is 1.69. The van der Waals surface area contributed by atoms with Gasteiger partial charge in [0.05, 0.1) is 12.2 Å². The minimum absolute atomic E-state index is 0.144. The van der Waals surface area contributed by atoms with E-state index < -0.39 is 17.9 Å². The van der Waals surface area contributed by atoms with Crippen LogP contribution in [0.15, 0.2) is 0 Å². The minimum atomic E-state index is -0.895. The Bertz CT molecular complexity index is 269. The van der Waals surface area contributed by atoms with Crippen molar-refractivity contribution in [3.8, 4) is 0 Å². The van der Waals surface area contributed by atoms with Crippen LogP contribution in [0.2, 0.25) is 0 Å². The Morgan fingerprint density at radius 3 is 1.38 bits per heavy atom. The molecule has 124 valence electrons. The van der Waals surface area contributed by atoms with Crippen molar-refractivity contribution in [2.45, 2.75) is 52.2 Å². The average molecular weight is 304 g/mol. The molecule has 0 aliphatic rings. The van der Waals surface area contributed by atoms with Gasteiger partial charge in [-0.3, -0.25) is 9.59 Å². The van der Waals surface area contributed by atoms with Gasteiger partial charge in [0.15, 0.2) is 5.92 Å². The fraction of sp³-hybridized carbons (Fsp3) is 0.867. The third-order valence-electron chi connectivity index (χ3n) is 3.38. The summed E-state index contributed by atoms with van der Waals surface area (Å²) in [5.74, 6) is -2.03. The predicted octanol–water partition coefficient (Wildman–Crippen LogP) is 1.95. The van der Waals surface area contributed by atoms with Crippen molar-refractivity contribution in [1.29, 1.82) is 0 Å². The Morgan fingerprint density at radius 2 is 1.14 bits per heavy atom. The molecule has 0 saturated heterocycles. The molecule has 6 heteroatoms. The molecule has 0 bridgehead atoms. The van der Waals surface area contributed by atoms with Crippen LogP contribution in [0.1, 0.15) is 40.0 Å². The van der Waals surface area contributed by atoms with Crippen molar-refractivity contribution in [3.05, 3.63) is 0 Å². The number of esters is 2. The lowest BCUT2D eigenvalue weighted by Crippen LogP contribution is -2.32. The van der Waals surface area contributed by atoms with Crippen molar-refractivity contribution in [1.82, 2.24) is 0 Å². The summed E-state index contributed by atoms with van der Waals surface area (Å²) in [7, 11) is 3.12. The molecule has 0 saturated carbocycles. The van der Waals surface area contributed by atoms with Gasteiger partial charge in [-0.2, -0.15) is 0 Å². The van der Waals surface area contributed by atoms with Crippen LogP contribution in [0, 0.1) is 5.92 Å². The molecule has 0 heterocycles. The number of methoxy groups -OCH3 is 2. The van der Waals surface area contributed by atoms with E-state index in [0.717, 1.165) is 12.8 Å². The number of ether oxygens (including phenoxy) is 4. The van der Waals surface area contributed by atoms with E-state index in [1.807, 2.05) is 13.8 Å². The SMILES string of the molecule is CCC(COC(=O)C(CC)C(=O)OCC(CC)OC)OC. The van der Waals surface area contributed by atoms with Gasteiger partial charge in [-0.25, -0.2) is 0 Å². The summed E-state index contributed by atoms with van der Waals surface area (Å²) in [5, 5.41) is 0. The lowest BCUT2D eigenvalue weighted by molar-refractivity contribution is -0.166. The first-order chi connectivity index (χ1) is 10.0. The van der Waals surface area contributed by atoms with E-state index in [-0.39, 0.29) is 25.4 Å². The summed E-state index contributed by atoms with van der Waals surface area (Å²) >= 11 is 0. The summed E-state index contributed by atoms with van der Waals surface area (Å²) in [5.41, 5.74) is 0. The Morgan fingerprint density at radius 1 is 0.762 bits per heavy atom. The molecule has 0 rings (SSSR count). The molecule has 0 fully saturated rings. The average Bonchev–Trinajstić information content (AvgIpc) is 2.50. The maximum atomic E-state index is 11.9. The van der Waals surface area contributed by atoms with Crippen molar-refractivity contribution in [2.24, 2.45) is 5.92 Å². The standard InChI is InChI=1S/C15H28O6/c1-6-11(18-4)9-20-14(16)13(8-3)15(17)21-10-12(7-2)19-5/h11-13H,6-10H2,1-5H3. The predicted molar refractivity (Wildman–Crippen MR) is 77.9 cm³/mol. The van der Waals surface area contributed by atoms with Crippen LogP contribution in [0.3, 0.4) is 0 Å². The second-order valence-electron chi connectivity index (χ2n) is 4.75. The van der Waals surface area contributed by atoms with E-state index in [0.29, 0.717) is 6.42 Å². The van der Waals surface area contributed by atoms with Crippen LogP contribution in [0.5, 0.6) is 0 Å². The van der Waals surface area contributed by atoms with Crippen LogP contribution in [0.25, 0.3) is 0 Å². The van der Waals surface area contributed by atoms with Gasteiger partial charge < -0.3 is 18.9 Å². The highest BCUT2D eigenvalue weighted by atomic mass is 16.6. The van der Waals surface area contributed by atoms with Gasteiger partial charge in [0, 0.05) is 14.2 Å². The monoisotopic (exact) mass is 304 g/mol. The summed E-state index contributed by atoms with van der Waals surface area (Å²) in [6.07, 6.45) is 1.50. The van der Waals surface area contributed by atoms with E-state index in [9.17, 15) is 9.59 Å². The largest absolute Gasteiger partial charge is 0.462 e. The molecule has 0 spiro atoms. The Hall–Kier alpha value is -1.14. The fourth-order valence-corrected chi connectivity index (χ4v) is 1.69. The molecule has 0 aliphatic carbocycles. The van der Waals surface area contributed by atoms with Crippen molar-refractivity contribution in [3.63, 3.8) is 0 Å². The van der Waals surface area contributed by atoms with E-state index in [2.05, 4.69) is 0 Å². The minimum Gasteiger partial charge on any atom is -0.462 e. The van der Waals surface area contributed by atoms with E-state index in [1.54, 1.807) is 21.1 Å². The molecule has 0 N–H and O–H groups in total. The maximum Gasteiger partial charge on any atom is 0.320 e. The van der Waals surface area contributed by atoms with Gasteiger partial charge in [0.1, 0.15) is 13.2 Å². The zero-order valence-electron chi connectivity index (χ0n) is 13.7. The zero-order chi connectivity index (χ0) is 16.3. The highest BCUT2D eigenvalue weighted by Crippen LogP contribution is 2.10. The molecule has 0 aliphatic heterocycles. The van der Waals surface area contributed by atoms with Gasteiger partial charge >= 0.3 is 11.9 Å². The first-order valence-electron chi connectivity index (χ1n) is 7.42. The van der Waals surface area contributed by atoms with Crippen molar-refractivity contribution >= 4 is 11.9 Å². The quantitative estimate of drug-likeness (QED) is 0.429. The molecule has 0 amide bonds. The van der Waals surface area contributed by atoms with Crippen molar-refractivity contribution < 1.29 is 28.5 Å². The van der Waals surface area contributed by atoms with Crippen LogP contribution >= 0.6 is 0 Å². The third-order valence-corrected chi connectivity index (χ3v) is 3.38. The van der Waals surface area contributed by atoms with Gasteiger partial charge in [0.25, 0.3) is 0 Å². The molecule has 0 aromatic heterocycles. The van der Waals surface area contributed by atoms with Crippen LogP contribution in [0.4, 0.5) is 0 Å². The Kier molecular flexibility index (Phi) is 10.9. The summed E-state index contributed by atoms with van der Waals surface area (Å²) < 4.78 is 20.5. The number of hydrogen-bond donors (Lipinski definition) is 0. The topological polar surface area (TPSA) is 71.1 Å². The maximum absolute atomic E-state index is 11.9. The molecule has 21 heavy (non-hydrogen) atoms. The highest BCUT2D eigenvalue weighted by molar-refractivity contribution is 5.94. The van der Waals surface area contributed by atoms with Gasteiger partial charge in [-0.1, -0.05) is 20.8 Å². The lowest BCUT2D eigenvalue weighted by atomic mass is 10.1. The molecule has 0 aromatic rings. The Labute approximate surface area is 127 Å². The van der Waals surface area contributed by atoms with Crippen LogP contribution in [-0.2, 0) is 28.5 Å². The van der Waals surface area contributed by atoms with Crippen LogP contribution in [-0.4, -0.2) is 51.6 Å². The van der Waals surface area contributed by atoms with Gasteiger partial charge in [-0.05, 0) is 19.3 Å². The van der Waals surface area contributed by atoms with E-state index in [4.69, 9.17) is 18.9 Å². The summed E-state index contributed by atoms with van der Waals surface area (Å²) in [4.78, 5) is 23.9. The third kappa shape index (κ3) is 7.43. The van der Waals surface area contributed by atoms with E-state index in [1.165, 1.54) is 0 Å². The molecular formula is C15H28O6. The summed E-state index contributed by atoms with van der Waals surface area (Å²) in [6.45, 7) is 5.90. The smallest absolute Gasteiger partial charge is 0.320 e. The molecule has 0 aromatic carbocycles. The number of carbonyl (C=O) groups is 2. The molecule has 2 unspecified atom stereocenters. The van der Waals surface area contributed by atoms with E-state index >= 15 is 0 Å². The first kappa shape index (κ1) is 19.9. The lowest BCUT2D eigenvalue weighted by Gasteiger charge is -2.18.